The highest BCUT2D eigenvalue weighted by atomic mass is 19.1. The van der Waals surface area contributed by atoms with Crippen molar-refractivity contribution in [1.29, 1.82) is 0 Å². The van der Waals surface area contributed by atoms with Gasteiger partial charge in [0.05, 0.1) is 29.0 Å². The Morgan fingerprint density at radius 1 is 1.08 bits per heavy atom. The third-order valence-electron chi connectivity index (χ3n) is 7.52. The van der Waals surface area contributed by atoms with Crippen LogP contribution in [0.4, 0.5) is 4.39 Å². The Labute approximate surface area is 215 Å². The van der Waals surface area contributed by atoms with Gasteiger partial charge in [-0.1, -0.05) is 31.2 Å². The number of halogens is 1. The fourth-order valence-electron chi connectivity index (χ4n) is 5.48. The highest BCUT2D eigenvalue weighted by molar-refractivity contribution is 5.97. The normalized spacial score (nSPS) is 19.0. The number of benzene rings is 2. The van der Waals surface area contributed by atoms with Crippen molar-refractivity contribution in [2.24, 2.45) is 0 Å². The van der Waals surface area contributed by atoms with E-state index in [1.807, 2.05) is 18.2 Å². The summed E-state index contributed by atoms with van der Waals surface area (Å²) < 4.78 is 31.8. The molecule has 0 unspecified atom stereocenters. The zero-order valence-electron chi connectivity index (χ0n) is 20.3. The Morgan fingerprint density at radius 3 is 2.68 bits per heavy atom. The molecule has 3 aliphatic heterocycles. The van der Waals surface area contributed by atoms with Gasteiger partial charge in [-0.2, -0.15) is 0 Å². The van der Waals surface area contributed by atoms with Gasteiger partial charge in [-0.25, -0.2) is 14.2 Å². The van der Waals surface area contributed by atoms with Gasteiger partial charge in [0.25, 0.3) is 5.56 Å². The lowest BCUT2D eigenvalue weighted by molar-refractivity contribution is -0.172. The minimum atomic E-state index is -1.91. The highest BCUT2D eigenvalue weighted by Crippen LogP contribution is 2.43. The van der Waals surface area contributed by atoms with E-state index in [-0.39, 0.29) is 48.9 Å². The molecule has 3 aliphatic rings. The third-order valence-corrected chi connectivity index (χ3v) is 7.52. The maximum Gasteiger partial charge on any atom is 0.343 e. The Kier molecular flexibility index (Phi) is 4.77. The van der Waals surface area contributed by atoms with Gasteiger partial charge in [0, 0.05) is 22.6 Å². The van der Waals surface area contributed by atoms with Gasteiger partial charge in [-0.05, 0) is 41.8 Å². The molecule has 190 valence electrons. The van der Waals surface area contributed by atoms with Crippen LogP contribution in [0.15, 0.2) is 47.3 Å². The maximum atomic E-state index is 13.8. The molecule has 8 nitrogen and oxygen atoms in total. The molecule has 0 saturated heterocycles. The SMILES string of the molecule is CC[C@@]1(O)C(=O)OCc2c1cc1n(c2=O)Cc2c-1nc1cc3c(cc1c2C=Cc1cccc(F)c1)OCO3. The van der Waals surface area contributed by atoms with Crippen molar-refractivity contribution in [3.63, 3.8) is 0 Å². The van der Waals surface area contributed by atoms with E-state index in [1.165, 1.54) is 12.1 Å². The number of cyclic esters (lactones) is 1. The minimum absolute atomic E-state index is 0.0603. The van der Waals surface area contributed by atoms with Crippen LogP contribution >= 0.6 is 0 Å². The van der Waals surface area contributed by atoms with Crippen molar-refractivity contribution >= 4 is 29.0 Å². The minimum Gasteiger partial charge on any atom is -0.458 e. The number of rotatable bonds is 3. The lowest BCUT2D eigenvalue weighted by Gasteiger charge is -2.31. The molecule has 0 amide bonds. The largest absolute Gasteiger partial charge is 0.458 e. The van der Waals surface area contributed by atoms with E-state index in [0.717, 1.165) is 16.5 Å². The summed E-state index contributed by atoms with van der Waals surface area (Å²) in [6.45, 7) is 1.80. The number of carbonyl (C=O) groups excluding carboxylic acids is 1. The van der Waals surface area contributed by atoms with Crippen molar-refractivity contribution in [3.05, 3.63) is 86.5 Å². The van der Waals surface area contributed by atoms with Crippen molar-refractivity contribution in [3.8, 4) is 22.9 Å². The van der Waals surface area contributed by atoms with Crippen molar-refractivity contribution in [2.45, 2.75) is 32.1 Å². The van der Waals surface area contributed by atoms with Gasteiger partial charge < -0.3 is 23.9 Å². The second-order valence-electron chi connectivity index (χ2n) is 9.57. The predicted octanol–water partition coefficient (Wildman–Crippen LogP) is 4.12. The molecule has 0 fully saturated rings. The van der Waals surface area contributed by atoms with Crippen molar-refractivity contribution in [2.75, 3.05) is 6.79 Å². The fraction of sp³-hybridized carbons (Fsp3) is 0.207. The summed E-state index contributed by atoms with van der Waals surface area (Å²) in [6.07, 6.45) is 3.75. The first-order chi connectivity index (χ1) is 18.4. The van der Waals surface area contributed by atoms with E-state index >= 15 is 0 Å². The summed E-state index contributed by atoms with van der Waals surface area (Å²) in [5.74, 6) is 0.0402. The molecule has 4 aromatic rings. The first-order valence-electron chi connectivity index (χ1n) is 12.2. The molecule has 0 aliphatic carbocycles. The Morgan fingerprint density at radius 2 is 1.89 bits per heavy atom. The molecule has 0 bridgehead atoms. The summed E-state index contributed by atoms with van der Waals surface area (Å²) in [5.41, 5.74) is 2.21. The number of hydrogen-bond donors (Lipinski definition) is 1. The average Bonchev–Trinajstić information content (AvgIpc) is 3.52. The number of ether oxygens (including phenoxy) is 3. The van der Waals surface area contributed by atoms with Crippen molar-refractivity contribution in [1.82, 2.24) is 9.55 Å². The van der Waals surface area contributed by atoms with Crippen LogP contribution < -0.4 is 15.0 Å². The summed E-state index contributed by atoms with van der Waals surface area (Å²) in [4.78, 5) is 31.0. The number of pyridine rings is 2. The molecule has 1 N–H and O–H groups in total. The molecule has 0 saturated carbocycles. The zero-order valence-corrected chi connectivity index (χ0v) is 20.3. The van der Waals surface area contributed by atoms with Gasteiger partial charge in [0.1, 0.15) is 12.4 Å². The number of hydrogen-bond acceptors (Lipinski definition) is 7. The summed E-state index contributed by atoms with van der Waals surface area (Å²) in [5, 5.41) is 11.9. The van der Waals surface area contributed by atoms with Crippen molar-refractivity contribution < 1.29 is 28.5 Å². The van der Waals surface area contributed by atoms with Gasteiger partial charge in [0.15, 0.2) is 17.1 Å². The lowest BCUT2D eigenvalue weighted by atomic mass is 9.86. The zero-order chi connectivity index (χ0) is 26.2. The molecule has 7 rings (SSSR count). The molecule has 2 aromatic heterocycles. The van der Waals surface area contributed by atoms with Gasteiger partial charge in [-0.15, -0.1) is 0 Å². The molecular weight excluding hydrogens is 491 g/mol. The first-order valence-corrected chi connectivity index (χ1v) is 12.2. The van der Waals surface area contributed by atoms with Gasteiger partial charge >= 0.3 is 5.97 Å². The molecule has 0 radical (unpaired) electrons. The second kappa shape index (κ2) is 8.00. The molecule has 5 heterocycles. The standard InChI is InChI=1S/C29H21FN2O6/c1-2-29(35)21-10-23-26-19(12-32(23)27(33)20(21)13-36-28(29)34)17(7-6-15-4-3-5-16(30)8-15)18-9-24-25(38-14-37-24)11-22(18)31-26/h3-11,35H,2,12-14H2,1H3/t29-/m0/s1. The highest BCUT2D eigenvalue weighted by Gasteiger charge is 2.45. The van der Waals surface area contributed by atoms with E-state index in [4.69, 9.17) is 19.2 Å². The smallest absolute Gasteiger partial charge is 0.343 e. The van der Waals surface area contributed by atoms with E-state index in [9.17, 15) is 19.1 Å². The summed E-state index contributed by atoms with van der Waals surface area (Å²) >= 11 is 0. The fourth-order valence-corrected chi connectivity index (χ4v) is 5.48. The molecular formula is C29H21FN2O6. The molecule has 2 aromatic carbocycles. The Balaban J connectivity index is 1.49. The van der Waals surface area contributed by atoms with Crippen LogP contribution in [0, 0.1) is 5.82 Å². The average molecular weight is 512 g/mol. The number of esters is 1. The van der Waals surface area contributed by atoms with E-state index in [1.54, 1.807) is 35.8 Å². The van der Waals surface area contributed by atoms with Crippen LogP contribution in [0.3, 0.4) is 0 Å². The molecule has 38 heavy (non-hydrogen) atoms. The first kappa shape index (κ1) is 22.7. The monoisotopic (exact) mass is 512 g/mol. The Hall–Kier alpha value is -4.50. The van der Waals surface area contributed by atoms with Crippen LogP contribution in [0.5, 0.6) is 11.5 Å². The lowest BCUT2D eigenvalue weighted by Crippen LogP contribution is -2.44. The van der Waals surface area contributed by atoms with E-state index in [0.29, 0.717) is 34.0 Å². The second-order valence-corrected chi connectivity index (χ2v) is 9.57. The number of nitrogens with zero attached hydrogens (tertiary/aromatic N) is 2. The quantitative estimate of drug-likeness (QED) is 0.363. The number of aromatic nitrogens is 2. The molecule has 9 heteroatoms. The van der Waals surface area contributed by atoms with Crippen LogP contribution in [-0.2, 0) is 28.3 Å². The number of carbonyl (C=O) groups is 1. The third kappa shape index (κ3) is 3.15. The predicted molar refractivity (Wildman–Crippen MR) is 136 cm³/mol. The number of fused-ring (bicyclic) bond motifs is 6. The van der Waals surface area contributed by atoms with Crippen LogP contribution in [0.2, 0.25) is 0 Å². The molecule has 1 atom stereocenters. The van der Waals surface area contributed by atoms with Gasteiger partial charge in [-0.3, -0.25) is 4.79 Å². The Bertz CT molecular complexity index is 1790. The number of aliphatic hydroxyl groups is 1. The van der Waals surface area contributed by atoms with Gasteiger partial charge in [0.2, 0.25) is 6.79 Å². The van der Waals surface area contributed by atoms with Crippen LogP contribution in [-0.4, -0.2) is 27.4 Å². The topological polar surface area (TPSA) is 99.9 Å². The maximum absolute atomic E-state index is 13.8. The summed E-state index contributed by atoms with van der Waals surface area (Å²) in [7, 11) is 0. The van der Waals surface area contributed by atoms with Crippen LogP contribution in [0.25, 0.3) is 34.4 Å². The summed E-state index contributed by atoms with van der Waals surface area (Å²) in [6, 6.07) is 11.6. The van der Waals surface area contributed by atoms with E-state index < -0.39 is 11.6 Å². The molecule has 0 spiro atoms. The van der Waals surface area contributed by atoms with Crippen LogP contribution in [0.1, 0.15) is 41.2 Å². The van der Waals surface area contributed by atoms with E-state index in [2.05, 4.69) is 0 Å².